The normalized spacial score (nSPS) is 28.1. The van der Waals surface area contributed by atoms with Crippen LogP contribution in [-0.4, -0.2) is 18.9 Å². The van der Waals surface area contributed by atoms with Crippen LogP contribution in [0, 0.1) is 28.1 Å². The van der Waals surface area contributed by atoms with Crippen molar-refractivity contribution in [3.63, 3.8) is 0 Å². The van der Waals surface area contributed by atoms with Crippen LogP contribution < -0.4 is 0 Å². The summed E-state index contributed by atoms with van der Waals surface area (Å²) in [5.41, 5.74) is -0.154. The quantitative estimate of drug-likeness (QED) is 0.779. The fraction of sp³-hybridized carbons (Fsp3) is 0.941. The van der Waals surface area contributed by atoms with Gasteiger partial charge in [-0.3, -0.25) is 0 Å². The van der Waals surface area contributed by atoms with Crippen molar-refractivity contribution >= 4 is 9.84 Å². The second-order valence-corrected chi connectivity index (χ2v) is 11.6. The van der Waals surface area contributed by atoms with E-state index >= 15 is 0 Å². The summed E-state index contributed by atoms with van der Waals surface area (Å²) >= 11 is 0. The fourth-order valence-corrected chi connectivity index (χ4v) is 4.36. The van der Waals surface area contributed by atoms with E-state index in [1.54, 1.807) is 20.8 Å². The van der Waals surface area contributed by atoms with Crippen LogP contribution in [0.25, 0.3) is 0 Å². The third kappa shape index (κ3) is 4.45. The van der Waals surface area contributed by atoms with E-state index in [4.69, 9.17) is 0 Å². The molecule has 0 bridgehead atoms. The molecule has 0 radical (unpaired) electrons. The molecule has 0 unspecified atom stereocenters. The number of hydrogen-bond acceptors (Lipinski definition) is 3. The minimum Gasteiger partial charge on any atom is -0.228 e. The molecule has 3 nitrogen and oxygen atoms in total. The predicted molar refractivity (Wildman–Crippen MR) is 87.6 cm³/mol. The Kier molecular flexibility index (Phi) is 5.20. The van der Waals surface area contributed by atoms with Crippen LogP contribution >= 0.6 is 0 Å². The Balaban J connectivity index is 2.72. The van der Waals surface area contributed by atoms with Crippen molar-refractivity contribution in [2.45, 2.75) is 78.4 Å². The van der Waals surface area contributed by atoms with Crippen molar-refractivity contribution in [2.24, 2.45) is 16.7 Å². The monoisotopic (exact) mass is 313 g/mol. The molecule has 0 saturated heterocycles. The van der Waals surface area contributed by atoms with Crippen LogP contribution in [0.3, 0.4) is 0 Å². The summed E-state index contributed by atoms with van der Waals surface area (Å²) in [4.78, 5) is 0. The van der Waals surface area contributed by atoms with Gasteiger partial charge in [-0.05, 0) is 64.2 Å². The highest BCUT2D eigenvalue weighted by Gasteiger charge is 2.40. The first-order chi connectivity index (χ1) is 9.33. The van der Waals surface area contributed by atoms with Gasteiger partial charge in [-0.25, -0.2) is 8.42 Å². The molecule has 0 N–H and O–H groups in total. The summed E-state index contributed by atoms with van der Waals surface area (Å²) in [5, 5.41) is 9.59. The number of rotatable bonds is 3. The summed E-state index contributed by atoms with van der Waals surface area (Å²) in [5.74, 6) is 0.766. The van der Waals surface area contributed by atoms with Gasteiger partial charge in [-0.2, -0.15) is 5.26 Å². The van der Waals surface area contributed by atoms with E-state index in [-0.39, 0.29) is 11.2 Å². The SMILES string of the molecule is CC(C)(C)C1CCC(C#N)(CCS(=O)(=O)C(C)(C)C)CC1. The zero-order valence-corrected chi connectivity index (χ0v) is 15.3. The summed E-state index contributed by atoms with van der Waals surface area (Å²) in [6.45, 7) is 12.0. The van der Waals surface area contributed by atoms with Crippen molar-refractivity contribution in [3.8, 4) is 6.07 Å². The van der Waals surface area contributed by atoms with Crippen molar-refractivity contribution in [1.29, 1.82) is 5.26 Å². The maximum Gasteiger partial charge on any atom is 0.155 e. The van der Waals surface area contributed by atoms with Gasteiger partial charge in [-0.1, -0.05) is 20.8 Å². The molecule has 0 aromatic rings. The molecule has 0 heterocycles. The summed E-state index contributed by atoms with van der Waals surface area (Å²) < 4.78 is 23.8. The highest BCUT2D eigenvalue weighted by Crippen LogP contribution is 2.47. The Morgan fingerprint density at radius 1 is 1.10 bits per heavy atom. The van der Waals surface area contributed by atoms with Gasteiger partial charge in [0.15, 0.2) is 9.84 Å². The minimum absolute atomic E-state index is 0.129. The topological polar surface area (TPSA) is 57.9 Å². The van der Waals surface area contributed by atoms with Gasteiger partial charge in [0, 0.05) is 0 Å². The molecule has 0 aromatic carbocycles. The Morgan fingerprint density at radius 3 is 1.90 bits per heavy atom. The molecule has 1 fully saturated rings. The summed E-state index contributed by atoms with van der Waals surface area (Å²) in [6, 6.07) is 2.45. The maximum absolute atomic E-state index is 12.3. The van der Waals surface area contributed by atoms with Gasteiger partial charge in [0.25, 0.3) is 0 Å². The van der Waals surface area contributed by atoms with E-state index in [9.17, 15) is 13.7 Å². The lowest BCUT2D eigenvalue weighted by atomic mass is 9.64. The second-order valence-electron chi connectivity index (χ2n) is 8.71. The molecule has 1 rings (SSSR count). The first kappa shape index (κ1) is 18.5. The van der Waals surface area contributed by atoms with E-state index < -0.39 is 20.0 Å². The van der Waals surface area contributed by atoms with Crippen LogP contribution in [-0.2, 0) is 9.84 Å². The van der Waals surface area contributed by atoms with Gasteiger partial charge >= 0.3 is 0 Å². The highest BCUT2D eigenvalue weighted by atomic mass is 32.2. The maximum atomic E-state index is 12.3. The van der Waals surface area contributed by atoms with Crippen LogP contribution in [0.4, 0.5) is 0 Å². The Morgan fingerprint density at radius 2 is 1.57 bits per heavy atom. The third-order valence-electron chi connectivity index (χ3n) is 5.19. The summed E-state index contributed by atoms with van der Waals surface area (Å²) in [7, 11) is -3.14. The van der Waals surface area contributed by atoms with Gasteiger partial charge in [0.2, 0.25) is 0 Å². The molecular formula is C17H31NO2S. The molecule has 0 aromatic heterocycles. The number of sulfone groups is 1. The molecule has 4 heteroatoms. The van der Waals surface area contributed by atoms with E-state index in [1.807, 2.05) is 0 Å². The minimum atomic E-state index is -3.14. The Bertz CT molecular complexity index is 492. The molecule has 21 heavy (non-hydrogen) atoms. The molecule has 0 amide bonds. The van der Waals surface area contributed by atoms with E-state index in [0.717, 1.165) is 25.7 Å². The lowest BCUT2D eigenvalue weighted by molar-refractivity contribution is 0.118. The van der Waals surface area contributed by atoms with Crippen LogP contribution in [0.15, 0.2) is 0 Å². The number of hydrogen-bond donors (Lipinski definition) is 0. The third-order valence-corrected chi connectivity index (χ3v) is 7.79. The van der Waals surface area contributed by atoms with Crippen molar-refractivity contribution in [1.82, 2.24) is 0 Å². The fourth-order valence-electron chi connectivity index (χ4n) is 3.09. The first-order valence-electron chi connectivity index (χ1n) is 7.97. The van der Waals surface area contributed by atoms with E-state index in [0.29, 0.717) is 12.3 Å². The zero-order chi connectivity index (χ0) is 16.5. The van der Waals surface area contributed by atoms with Gasteiger partial charge in [-0.15, -0.1) is 0 Å². The Hall–Kier alpha value is -0.560. The standard InChI is InChI=1S/C17H31NO2S/c1-15(2,3)14-7-9-17(13-18,10-8-14)11-12-21(19,20)16(4,5)6/h14H,7-12H2,1-6H3. The van der Waals surface area contributed by atoms with Gasteiger partial charge in [0.1, 0.15) is 0 Å². The van der Waals surface area contributed by atoms with Crippen molar-refractivity contribution < 1.29 is 8.42 Å². The largest absolute Gasteiger partial charge is 0.228 e. The lowest BCUT2D eigenvalue weighted by Gasteiger charge is -2.41. The Labute approximate surface area is 131 Å². The average Bonchev–Trinajstić information content (AvgIpc) is 2.34. The molecule has 1 aliphatic carbocycles. The molecule has 0 aliphatic heterocycles. The lowest BCUT2D eigenvalue weighted by Crippen LogP contribution is -2.36. The molecular weight excluding hydrogens is 282 g/mol. The average molecular weight is 314 g/mol. The molecule has 1 saturated carbocycles. The molecule has 122 valence electrons. The predicted octanol–water partition coefficient (Wildman–Crippen LogP) is 4.34. The van der Waals surface area contributed by atoms with Gasteiger partial charge < -0.3 is 0 Å². The first-order valence-corrected chi connectivity index (χ1v) is 9.62. The van der Waals surface area contributed by atoms with Crippen molar-refractivity contribution in [2.75, 3.05) is 5.75 Å². The highest BCUT2D eigenvalue weighted by molar-refractivity contribution is 7.92. The zero-order valence-electron chi connectivity index (χ0n) is 14.5. The number of nitriles is 1. The van der Waals surface area contributed by atoms with Crippen LogP contribution in [0.2, 0.25) is 0 Å². The molecule has 0 atom stereocenters. The number of nitrogens with zero attached hydrogens (tertiary/aromatic N) is 1. The van der Waals surface area contributed by atoms with Crippen LogP contribution in [0.5, 0.6) is 0 Å². The van der Waals surface area contributed by atoms with Gasteiger partial charge in [0.05, 0.1) is 22.0 Å². The van der Waals surface area contributed by atoms with Crippen LogP contribution in [0.1, 0.15) is 73.6 Å². The smallest absolute Gasteiger partial charge is 0.155 e. The van der Waals surface area contributed by atoms with E-state index in [1.165, 1.54) is 0 Å². The molecule has 0 spiro atoms. The summed E-state index contributed by atoms with van der Waals surface area (Å²) in [6.07, 6.45) is 4.23. The second kappa shape index (κ2) is 5.91. The van der Waals surface area contributed by atoms with Crippen molar-refractivity contribution in [3.05, 3.63) is 0 Å². The van der Waals surface area contributed by atoms with E-state index in [2.05, 4.69) is 26.8 Å². The molecule has 1 aliphatic rings.